The number of benzene rings is 1. The standard InChI is InChI=1S/C10H20O2.C6H6O/c1-5-6-10(11)12-9(4)7-8(2)3;7-6-4-2-1-3-5-6/h8-9H,5-7H2,1-4H3;1-5,7H. The SMILES string of the molecule is CCCC(=O)OC(C)CC(C)C.Oc1ccccc1. The quantitative estimate of drug-likeness (QED) is 0.814. The molecule has 3 heteroatoms. The minimum atomic E-state index is -0.0642. The van der Waals surface area contributed by atoms with Crippen molar-refractivity contribution in [1.29, 1.82) is 0 Å². The first kappa shape index (κ1) is 17.5. The molecule has 1 aromatic rings. The van der Waals surface area contributed by atoms with Gasteiger partial charge in [-0.05, 0) is 37.8 Å². The van der Waals surface area contributed by atoms with Crippen molar-refractivity contribution >= 4 is 5.97 Å². The predicted molar refractivity (Wildman–Crippen MR) is 78.0 cm³/mol. The highest BCUT2D eigenvalue weighted by Crippen LogP contribution is 2.08. The topological polar surface area (TPSA) is 46.5 Å². The molecule has 19 heavy (non-hydrogen) atoms. The molecule has 0 fully saturated rings. The Bertz CT molecular complexity index is 333. The Balaban J connectivity index is 0.000000388. The van der Waals surface area contributed by atoms with Crippen LogP contribution in [0.15, 0.2) is 30.3 Å². The van der Waals surface area contributed by atoms with Crippen molar-refractivity contribution in [3.05, 3.63) is 30.3 Å². The van der Waals surface area contributed by atoms with Crippen LogP contribution in [-0.4, -0.2) is 17.2 Å². The van der Waals surface area contributed by atoms with Gasteiger partial charge in [-0.15, -0.1) is 0 Å². The predicted octanol–water partition coefficient (Wildman–Crippen LogP) is 4.16. The van der Waals surface area contributed by atoms with Crippen molar-refractivity contribution in [2.45, 2.75) is 53.1 Å². The average molecular weight is 266 g/mol. The van der Waals surface area contributed by atoms with E-state index in [0.717, 1.165) is 12.8 Å². The second kappa shape index (κ2) is 10.4. The highest BCUT2D eigenvalue weighted by atomic mass is 16.5. The first-order valence-corrected chi connectivity index (χ1v) is 6.89. The van der Waals surface area contributed by atoms with Crippen molar-refractivity contribution in [3.8, 4) is 5.75 Å². The number of esters is 1. The van der Waals surface area contributed by atoms with E-state index in [1.165, 1.54) is 0 Å². The number of ether oxygens (including phenoxy) is 1. The van der Waals surface area contributed by atoms with Gasteiger partial charge < -0.3 is 9.84 Å². The van der Waals surface area contributed by atoms with Crippen LogP contribution in [0, 0.1) is 5.92 Å². The van der Waals surface area contributed by atoms with E-state index in [0.29, 0.717) is 18.1 Å². The summed E-state index contributed by atoms with van der Waals surface area (Å²) in [5.74, 6) is 0.850. The Morgan fingerprint density at radius 3 is 2.16 bits per heavy atom. The molecule has 0 amide bonds. The van der Waals surface area contributed by atoms with Crippen molar-refractivity contribution in [3.63, 3.8) is 0 Å². The molecule has 1 unspecified atom stereocenters. The number of carbonyl (C=O) groups is 1. The lowest BCUT2D eigenvalue weighted by molar-refractivity contribution is -0.148. The molecule has 0 aliphatic rings. The molecule has 1 aromatic carbocycles. The van der Waals surface area contributed by atoms with E-state index in [1.54, 1.807) is 24.3 Å². The lowest BCUT2D eigenvalue weighted by Crippen LogP contribution is -2.16. The fourth-order valence-electron chi connectivity index (χ4n) is 1.63. The van der Waals surface area contributed by atoms with Gasteiger partial charge in [0.05, 0.1) is 6.10 Å². The molecule has 0 saturated carbocycles. The normalized spacial score (nSPS) is 11.4. The maximum Gasteiger partial charge on any atom is 0.306 e. The van der Waals surface area contributed by atoms with Crippen LogP contribution in [0.2, 0.25) is 0 Å². The van der Waals surface area contributed by atoms with Gasteiger partial charge in [-0.3, -0.25) is 4.79 Å². The zero-order chi connectivity index (χ0) is 14.7. The van der Waals surface area contributed by atoms with Crippen LogP contribution in [-0.2, 0) is 9.53 Å². The summed E-state index contributed by atoms with van der Waals surface area (Å²) in [7, 11) is 0. The highest BCUT2D eigenvalue weighted by Gasteiger charge is 2.09. The summed E-state index contributed by atoms with van der Waals surface area (Å²) < 4.78 is 5.16. The molecule has 3 nitrogen and oxygen atoms in total. The molecule has 0 aliphatic heterocycles. The van der Waals surface area contributed by atoms with Crippen LogP contribution < -0.4 is 0 Å². The smallest absolute Gasteiger partial charge is 0.306 e. The molecule has 108 valence electrons. The van der Waals surface area contributed by atoms with Crippen LogP contribution in [0.5, 0.6) is 5.75 Å². The largest absolute Gasteiger partial charge is 0.508 e. The molecule has 1 N–H and O–H groups in total. The van der Waals surface area contributed by atoms with Crippen LogP contribution in [0.3, 0.4) is 0 Å². The Hall–Kier alpha value is -1.51. The van der Waals surface area contributed by atoms with Crippen molar-refractivity contribution in [2.24, 2.45) is 5.92 Å². The summed E-state index contributed by atoms with van der Waals surface area (Å²) in [6, 6.07) is 8.71. The number of hydrogen-bond donors (Lipinski definition) is 1. The molecule has 1 rings (SSSR count). The third-order valence-corrected chi connectivity index (χ3v) is 2.35. The number of phenolic OH excluding ortho intramolecular Hbond substituents is 1. The Morgan fingerprint density at radius 1 is 1.21 bits per heavy atom. The van der Waals surface area contributed by atoms with Gasteiger partial charge in [-0.25, -0.2) is 0 Å². The highest BCUT2D eigenvalue weighted by molar-refractivity contribution is 5.69. The number of hydrogen-bond acceptors (Lipinski definition) is 3. The number of aromatic hydroxyl groups is 1. The summed E-state index contributed by atoms with van der Waals surface area (Å²) >= 11 is 0. The average Bonchev–Trinajstić information content (AvgIpc) is 2.29. The minimum absolute atomic E-state index is 0.0642. The molecule has 0 aliphatic carbocycles. The molecule has 0 bridgehead atoms. The van der Waals surface area contributed by atoms with Gasteiger partial charge in [0.15, 0.2) is 0 Å². The van der Waals surface area contributed by atoms with Crippen LogP contribution in [0.4, 0.5) is 0 Å². The third-order valence-electron chi connectivity index (χ3n) is 2.35. The zero-order valence-electron chi connectivity index (χ0n) is 12.4. The van der Waals surface area contributed by atoms with Gasteiger partial charge >= 0.3 is 5.97 Å². The van der Waals surface area contributed by atoms with E-state index in [9.17, 15) is 4.79 Å². The second-order valence-electron chi connectivity index (χ2n) is 5.02. The molecule has 0 saturated heterocycles. The summed E-state index contributed by atoms with van der Waals surface area (Å²) in [4.78, 5) is 11.0. The minimum Gasteiger partial charge on any atom is -0.508 e. The maximum atomic E-state index is 11.0. The molecule has 0 radical (unpaired) electrons. The van der Waals surface area contributed by atoms with Gasteiger partial charge in [0.25, 0.3) is 0 Å². The summed E-state index contributed by atoms with van der Waals surface area (Å²) in [6.07, 6.45) is 2.44. The van der Waals surface area contributed by atoms with Crippen LogP contribution in [0.25, 0.3) is 0 Å². The van der Waals surface area contributed by atoms with Gasteiger partial charge in [0.2, 0.25) is 0 Å². The van der Waals surface area contributed by atoms with Gasteiger partial charge in [-0.1, -0.05) is 39.0 Å². The number of carbonyl (C=O) groups excluding carboxylic acids is 1. The lowest BCUT2D eigenvalue weighted by atomic mass is 10.1. The van der Waals surface area contributed by atoms with Gasteiger partial charge in [0.1, 0.15) is 5.75 Å². The summed E-state index contributed by atoms with van der Waals surface area (Å²) in [6.45, 7) is 8.19. The molecule has 0 heterocycles. The molecule has 0 spiro atoms. The summed E-state index contributed by atoms with van der Waals surface area (Å²) in [5.41, 5.74) is 0. The number of rotatable bonds is 5. The molecular weight excluding hydrogens is 240 g/mol. The third kappa shape index (κ3) is 11.3. The van der Waals surface area contributed by atoms with Crippen LogP contribution >= 0.6 is 0 Å². The van der Waals surface area contributed by atoms with Crippen molar-refractivity contribution in [1.82, 2.24) is 0 Å². The Kier molecular flexibility index (Phi) is 9.59. The van der Waals surface area contributed by atoms with E-state index in [-0.39, 0.29) is 12.1 Å². The monoisotopic (exact) mass is 266 g/mol. The second-order valence-corrected chi connectivity index (χ2v) is 5.02. The van der Waals surface area contributed by atoms with E-state index in [4.69, 9.17) is 9.84 Å². The fraction of sp³-hybridized carbons (Fsp3) is 0.562. The first-order chi connectivity index (χ1) is 8.95. The van der Waals surface area contributed by atoms with E-state index < -0.39 is 0 Å². The van der Waals surface area contributed by atoms with E-state index >= 15 is 0 Å². The van der Waals surface area contributed by atoms with E-state index in [2.05, 4.69) is 13.8 Å². The summed E-state index contributed by atoms with van der Waals surface area (Å²) in [5, 5.41) is 8.63. The number of phenols is 1. The van der Waals surface area contributed by atoms with Crippen molar-refractivity contribution < 1.29 is 14.6 Å². The molecule has 1 atom stereocenters. The van der Waals surface area contributed by atoms with Gasteiger partial charge in [-0.2, -0.15) is 0 Å². The maximum absolute atomic E-state index is 11.0. The lowest BCUT2D eigenvalue weighted by Gasteiger charge is -2.14. The zero-order valence-corrected chi connectivity index (χ0v) is 12.4. The first-order valence-electron chi connectivity index (χ1n) is 6.89. The van der Waals surface area contributed by atoms with E-state index in [1.807, 2.05) is 19.9 Å². The van der Waals surface area contributed by atoms with Gasteiger partial charge in [0, 0.05) is 6.42 Å². The van der Waals surface area contributed by atoms with Crippen molar-refractivity contribution in [2.75, 3.05) is 0 Å². The molecule has 0 aromatic heterocycles. The molecular formula is C16H26O3. The van der Waals surface area contributed by atoms with Crippen LogP contribution in [0.1, 0.15) is 47.0 Å². The Labute approximate surface area is 116 Å². The fourth-order valence-corrected chi connectivity index (χ4v) is 1.63. The number of para-hydroxylation sites is 1. The Morgan fingerprint density at radius 2 is 1.79 bits per heavy atom.